The van der Waals surface area contributed by atoms with E-state index in [9.17, 15) is 9.59 Å². The maximum Gasteiger partial charge on any atom is 0.262 e. The number of benzene rings is 1. The minimum absolute atomic E-state index is 0.180. The van der Waals surface area contributed by atoms with Gasteiger partial charge in [0.15, 0.2) is 18.1 Å². The molecule has 0 saturated carbocycles. The molecule has 2 amide bonds. The number of nitrogens with one attached hydrogen (secondary N) is 1. The van der Waals surface area contributed by atoms with Gasteiger partial charge in [-0.25, -0.2) is 0 Å². The van der Waals surface area contributed by atoms with Crippen LogP contribution in [0.2, 0.25) is 0 Å². The minimum atomic E-state index is -0.499. The Balaban J connectivity index is 1.71. The summed E-state index contributed by atoms with van der Waals surface area (Å²) in [5.41, 5.74) is 8.02. The highest BCUT2D eigenvalue weighted by Gasteiger charge is 2.25. The number of hydrogen-bond donors (Lipinski definition) is 2. The lowest BCUT2D eigenvalue weighted by molar-refractivity contribution is -0.118. The van der Waals surface area contributed by atoms with Crippen LogP contribution in [0.1, 0.15) is 39.2 Å². The number of aryl methyl sites for hydroxylation is 2. The Morgan fingerprint density at radius 2 is 2.00 bits per heavy atom. The predicted molar refractivity (Wildman–Crippen MR) is 101 cm³/mol. The molecule has 0 saturated heterocycles. The van der Waals surface area contributed by atoms with Crippen LogP contribution in [-0.2, 0) is 17.6 Å². The number of carbonyl (C=O) groups is 2. The molecule has 138 valence electrons. The molecule has 0 spiro atoms. The van der Waals surface area contributed by atoms with Crippen LogP contribution in [-0.4, -0.2) is 25.5 Å². The summed E-state index contributed by atoms with van der Waals surface area (Å²) >= 11 is 1.44. The molecule has 0 radical (unpaired) electrons. The third kappa shape index (κ3) is 3.83. The molecule has 3 N–H and O–H groups in total. The molecule has 1 aliphatic rings. The third-order valence-corrected chi connectivity index (χ3v) is 5.56. The van der Waals surface area contributed by atoms with Crippen molar-refractivity contribution in [1.82, 2.24) is 0 Å². The first kappa shape index (κ1) is 18.3. The molecule has 0 unspecified atom stereocenters. The normalized spacial score (nSPS) is 13.0. The molecule has 3 rings (SSSR count). The lowest BCUT2D eigenvalue weighted by atomic mass is 9.95. The van der Waals surface area contributed by atoms with Crippen LogP contribution in [0.15, 0.2) is 18.2 Å². The number of thiophene rings is 1. The summed E-state index contributed by atoms with van der Waals surface area (Å²) in [7, 11) is 1.55. The lowest BCUT2D eigenvalue weighted by Gasteiger charge is -2.12. The average Bonchev–Trinajstić information content (AvgIpc) is 2.98. The molecule has 1 aromatic heterocycles. The highest BCUT2D eigenvalue weighted by molar-refractivity contribution is 7.17. The molecule has 7 heteroatoms. The lowest BCUT2D eigenvalue weighted by Crippen LogP contribution is -2.22. The van der Waals surface area contributed by atoms with Crippen molar-refractivity contribution in [2.24, 2.45) is 5.73 Å². The van der Waals surface area contributed by atoms with Crippen LogP contribution >= 0.6 is 11.3 Å². The summed E-state index contributed by atoms with van der Waals surface area (Å²) in [6.45, 7) is 1.77. The summed E-state index contributed by atoms with van der Waals surface area (Å²) in [5, 5.41) is 3.30. The number of methoxy groups -OCH3 is 1. The van der Waals surface area contributed by atoms with Gasteiger partial charge in [0.25, 0.3) is 11.8 Å². The largest absolute Gasteiger partial charge is 0.493 e. The fourth-order valence-electron chi connectivity index (χ4n) is 3.11. The van der Waals surface area contributed by atoms with Crippen LogP contribution in [0.5, 0.6) is 11.5 Å². The first-order chi connectivity index (χ1) is 12.5. The third-order valence-electron chi connectivity index (χ3n) is 4.35. The van der Waals surface area contributed by atoms with Crippen molar-refractivity contribution in [3.05, 3.63) is 39.8 Å². The number of anilines is 1. The fraction of sp³-hybridized carbons (Fsp3) is 0.368. The summed E-state index contributed by atoms with van der Waals surface area (Å²) in [6, 6.07) is 5.49. The van der Waals surface area contributed by atoms with Gasteiger partial charge in [0.1, 0.15) is 5.00 Å². The molecule has 1 aromatic carbocycles. The number of primary amides is 1. The van der Waals surface area contributed by atoms with Gasteiger partial charge in [0, 0.05) is 4.88 Å². The molecule has 0 aliphatic heterocycles. The Kier molecular flexibility index (Phi) is 5.46. The quantitative estimate of drug-likeness (QED) is 0.813. The van der Waals surface area contributed by atoms with Gasteiger partial charge < -0.3 is 20.5 Å². The molecular formula is C19H22N2O4S. The van der Waals surface area contributed by atoms with Crippen LogP contribution in [0, 0.1) is 6.92 Å². The van der Waals surface area contributed by atoms with Crippen LogP contribution in [0.4, 0.5) is 5.00 Å². The van der Waals surface area contributed by atoms with E-state index in [2.05, 4.69) is 5.32 Å². The fourth-order valence-corrected chi connectivity index (χ4v) is 4.43. The first-order valence-electron chi connectivity index (χ1n) is 8.51. The average molecular weight is 374 g/mol. The van der Waals surface area contributed by atoms with E-state index in [-0.39, 0.29) is 12.5 Å². The highest BCUT2D eigenvalue weighted by atomic mass is 32.1. The predicted octanol–water partition coefficient (Wildman–Crippen LogP) is 3.06. The molecule has 6 nitrogen and oxygen atoms in total. The van der Waals surface area contributed by atoms with Crippen molar-refractivity contribution < 1.29 is 19.1 Å². The Morgan fingerprint density at radius 3 is 2.73 bits per heavy atom. The second kappa shape index (κ2) is 7.78. The SMILES string of the molecule is COc1cc(C)ccc1OCC(=O)Nc1sc2c(c1C(N)=O)CCCC2. The van der Waals surface area contributed by atoms with E-state index in [0.29, 0.717) is 22.1 Å². The zero-order valence-electron chi connectivity index (χ0n) is 14.9. The van der Waals surface area contributed by atoms with Crippen molar-refractivity contribution in [1.29, 1.82) is 0 Å². The first-order valence-corrected chi connectivity index (χ1v) is 9.33. The Labute approximate surface area is 156 Å². The monoisotopic (exact) mass is 374 g/mol. The van der Waals surface area contributed by atoms with Gasteiger partial charge in [-0.15, -0.1) is 11.3 Å². The minimum Gasteiger partial charge on any atom is -0.493 e. The Morgan fingerprint density at radius 1 is 1.23 bits per heavy atom. The van der Waals surface area contributed by atoms with Crippen molar-refractivity contribution in [3.8, 4) is 11.5 Å². The number of hydrogen-bond acceptors (Lipinski definition) is 5. The van der Waals surface area contributed by atoms with Crippen molar-refractivity contribution >= 4 is 28.2 Å². The molecule has 0 bridgehead atoms. The molecule has 2 aromatic rings. The topological polar surface area (TPSA) is 90.7 Å². The van der Waals surface area contributed by atoms with E-state index >= 15 is 0 Å². The molecule has 1 heterocycles. The van der Waals surface area contributed by atoms with E-state index in [1.54, 1.807) is 13.2 Å². The molecule has 1 aliphatic carbocycles. The van der Waals surface area contributed by atoms with Gasteiger partial charge in [-0.1, -0.05) is 6.07 Å². The van der Waals surface area contributed by atoms with Crippen LogP contribution in [0.3, 0.4) is 0 Å². The number of fused-ring (bicyclic) bond motifs is 1. The number of amides is 2. The Hall–Kier alpha value is -2.54. The smallest absolute Gasteiger partial charge is 0.262 e. The zero-order chi connectivity index (χ0) is 18.7. The number of nitrogens with two attached hydrogens (primary N) is 1. The Bertz CT molecular complexity index is 844. The highest BCUT2D eigenvalue weighted by Crippen LogP contribution is 2.38. The van der Waals surface area contributed by atoms with Crippen molar-refractivity contribution in [3.63, 3.8) is 0 Å². The van der Waals surface area contributed by atoms with Crippen LogP contribution in [0.25, 0.3) is 0 Å². The summed E-state index contributed by atoms with van der Waals surface area (Å²) in [4.78, 5) is 25.3. The zero-order valence-corrected chi connectivity index (χ0v) is 15.7. The van der Waals surface area contributed by atoms with Gasteiger partial charge in [-0.2, -0.15) is 0 Å². The molecule has 0 fully saturated rings. The van der Waals surface area contributed by atoms with E-state index in [0.717, 1.165) is 41.7 Å². The maximum absolute atomic E-state index is 12.3. The van der Waals surface area contributed by atoms with Gasteiger partial charge in [0.2, 0.25) is 0 Å². The molecule has 26 heavy (non-hydrogen) atoms. The van der Waals surface area contributed by atoms with Crippen molar-refractivity contribution in [2.75, 3.05) is 19.0 Å². The standard InChI is InChI=1S/C19H22N2O4S/c1-11-7-8-13(14(9-11)24-2)25-10-16(22)21-19-17(18(20)23)12-5-3-4-6-15(12)26-19/h7-9H,3-6,10H2,1-2H3,(H2,20,23)(H,21,22). The van der Waals surface area contributed by atoms with Gasteiger partial charge >= 0.3 is 0 Å². The number of carbonyl (C=O) groups excluding carboxylic acids is 2. The number of ether oxygens (including phenoxy) is 2. The number of rotatable bonds is 6. The van der Waals surface area contributed by atoms with Crippen LogP contribution < -0.4 is 20.5 Å². The molecular weight excluding hydrogens is 352 g/mol. The van der Waals surface area contributed by atoms with E-state index in [4.69, 9.17) is 15.2 Å². The van der Waals surface area contributed by atoms with E-state index in [1.807, 2.05) is 19.1 Å². The van der Waals surface area contributed by atoms with E-state index < -0.39 is 5.91 Å². The van der Waals surface area contributed by atoms with Gasteiger partial charge in [-0.3, -0.25) is 9.59 Å². The molecule has 0 atom stereocenters. The summed E-state index contributed by atoms with van der Waals surface area (Å²) < 4.78 is 10.8. The summed E-state index contributed by atoms with van der Waals surface area (Å²) in [6.07, 6.45) is 3.88. The second-order valence-corrected chi connectivity index (χ2v) is 7.38. The second-order valence-electron chi connectivity index (χ2n) is 6.27. The summed E-state index contributed by atoms with van der Waals surface area (Å²) in [5.74, 6) is 0.227. The van der Waals surface area contributed by atoms with E-state index in [1.165, 1.54) is 11.3 Å². The van der Waals surface area contributed by atoms with Gasteiger partial charge in [0.05, 0.1) is 12.7 Å². The van der Waals surface area contributed by atoms with Crippen molar-refractivity contribution in [2.45, 2.75) is 32.6 Å². The van der Waals surface area contributed by atoms with Gasteiger partial charge in [-0.05, 0) is 55.9 Å². The maximum atomic E-state index is 12.3.